The maximum atomic E-state index is 12.4. The van der Waals surface area contributed by atoms with Crippen molar-refractivity contribution >= 4 is 18.3 Å². The van der Waals surface area contributed by atoms with Gasteiger partial charge in [0.25, 0.3) is 5.91 Å². The third-order valence-electron chi connectivity index (χ3n) is 5.42. The van der Waals surface area contributed by atoms with Gasteiger partial charge in [-0.05, 0) is 12.8 Å². The Hall–Kier alpha value is -1.63. The molecule has 0 bridgehead atoms. The van der Waals surface area contributed by atoms with E-state index in [0.717, 1.165) is 19.6 Å². The Labute approximate surface area is 150 Å². The molecule has 0 aromatic carbocycles. The Morgan fingerprint density at radius 1 is 1.08 bits per heavy atom. The van der Waals surface area contributed by atoms with Crippen molar-refractivity contribution in [2.45, 2.75) is 69.7 Å². The van der Waals surface area contributed by atoms with E-state index in [0.29, 0.717) is 6.10 Å². The number of amides is 3. The van der Waals surface area contributed by atoms with Crippen molar-refractivity contribution in [3.05, 3.63) is 0 Å². The van der Waals surface area contributed by atoms with Gasteiger partial charge < -0.3 is 14.5 Å². The number of ether oxygens (including phenoxy) is 1. The zero-order valence-corrected chi connectivity index (χ0v) is 15.4. The Kier molecular flexibility index (Phi) is 5.93. The molecule has 0 aromatic heterocycles. The molecular weight excluding hydrogens is 320 g/mol. The van der Waals surface area contributed by atoms with E-state index in [2.05, 4.69) is 4.99 Å². The number of rotatable bonds is 10. The van der Waals surface area contributed by atoms with Crippen molar-refractivity contribution in [3.63, 3.8) is 0 Å². The fourth-order valence-corrected chi connectivity index (χ4v) is 3.68. The third kappa shape index (κ3) is 4.32. The summed E-state index contributed by atoms with van der Waals surface area (Å²) in [5.74, 6) is -0.148. The van der Waals surface area contributed by atoms with Crippen molar-refractivity contribution < 1.29 is 14.3 Å². The Morgan fingerprint density at radius 3 is 2.40 bits per heavy atom. The van der Waals surface area contributed by atoms with E-state index >= 15 is 0 Å². The van der Waals surface area contributed by atoms with Crippen molar-refractivity contribution in [1.82, 2.24) is 14.7 Å². The number of carbonyl (C=O) groups is 2. The van der Waals surface area contributed by atoms with Gasteiger partial charge in [-0.25, -0.2) is 9.79 Å². The van der Waals surface area contributed by atoms with Gasteiger partial charge in [0, 0.05) is 20.6 Å². The molecule has 7 nitrogen and oxygen atoms in total. The second-order valence-corrected chi connectivity index (χ2v) is 7.37. The summed E-state index contributed by atoms with van der Waals surface area (Å²) in [6.07, 6.45) is 11.8. The lowest BCUT2D eigenvalue weighted by Crippen LogP contribution is -2.63. The second kappa shape index (κ2) is 8.17. The number of carbonyl (C=O) groups excluding carboxylic acids is 2. The standard InChI is InChI=1S/C18H30N4O3/c1-20-16-15(17(23)21(2)18(20)24)22(13-19-16)11-9-7-5-3-4-6-8-10-14-12-25-14/h13-16H,3-12H2,1-2H3. The highest BCUT2D eigenvalue weighted by Gasteiger charge is 2.48. The van der Waals surface area contributed by atoms with E-state index in [9.17, 15) is 9.59 Å². The molecule has 25 heavy (non-hydrogen) atoms. The number of urea groups is 1. The number of likely N-dealkylation sites (N-methyl/N-ethyl adjacent to an activating group) is 2. The third-order valence-corrected chi connectivity index (χ3v) is 5.42. The minimum absolute atomic E-state index is 0.148. The highest BCUT2D eigenvalue weighted by atomic mass is 16.6. The fraction of sp³-hybridized carbons (Fsp3) is 0.833. The maximum absolute atomic E-state index is 12.4. The van der Waals surface area contributed by atoms with Gasteiger partial charge in [0.1, 0.15) is 0 Å². The Balaban J connectivity index is 1.30. The first-order valence-corrected chi connectivity index (χ1v) is 9.54. The first kappa shape index (κ1) is 18.2. The molecule has 0 spiro atoms. The molecule has 2 fully saturated rings. The monoisotopic (exact) mass is 350 g/mol. The quantitative estimate of drug-likeness (QED) is 0.447. The molecule has 3 rings (SSSR count). The number of imide groups is 1. The molecule has 0 aromatic rings. The number of fused-ring (bicyclic) bond motifs is 1. The van der Waals surface area contributed by atoms with Crippen molar-refractivity contribution in [2.75, 3.05) is 27.2 Å². The van der Waals surface area contributed by atoms with Gasteiger partial charge in [0.05, 0.1) is 19.0 Å². The lowest BCUT2D eigenvalue weighted by molar-refractivity contribution is -0.136. The topological polar surface area (TPSA) is 68.8 Å². The number of epoxide rings is 1. The first-order chi connectivity index (χ1) is 12.1. The molecule has 0 N–H and O–H groups in total. The SMILES string of the molecule is CN1C(=O)C2C(N=CN2CCCCCCCCCC2CO2)N(C)C1=O. The summed E-state index contributed by atoms with van der Waals surface area (Å²) in [6, 6.07) is -0.629. The summed E-state index contributed by atoms with van der Waals surface area (Å²) < 4.78 is 5.22. The summed E-state index contributed by atoms with van der Waals surface area (Å²) in [5.41, 5.74) is 0. The van der Waals surface area contributed by atoms with Gasteiger partial charge in [0.15, 0.2) is 12.2 Å². The summed E-state index contributed by atoms with van der Waals surface area (Å²) in [4.78, 5) is 33.5. The summed E-state index contributed by atoms with van der Waals surface area (Å²) in [6.45, 7) is 1.80. The van der Waals surface area contributed by atoms with Gasteiger partial charge in [0.2, 0.25) is 0 Å². The highest BCUT2D eigenvalue weighted by Crippen LogP contribution is 2.25. The molecular formula is C18H30N4O3. The van der Waals surface area contributed by atoms with E-state index in [-0.39, 0.29) is 24.1 Å². The lowest BCUT2D eigenvalue weighted by Gasteiger charge is -2.39. The molecule has 0 radical (unpaired) electrons. The maximum Gasteiger partial charge on any atom is 0.328 e. The molecule has 3 heterocycles. The smallest absolute Gasteiger partial charge is 0.328 e. The van der Waals surface area contributed by atoms with Crippen LogP contribution in [0.3, 0.4) is 0 Å². The molecule has 0 aliphatic carbocycles. The molecule has 3 amide bonds. The molecule has 3 atom stereocenters. The minimum Gasteiger partial charge on any atom is -0.373 e. The van der Waals surface area contributed by atoms with Crippen LogP contribution in [0.5, 0.6) is 0 Å². The van der Waals surface area contributed by atoms with Crippen LogP contribution in [-0.2, 0) is 9.53 Å². The lowest BCUT2D eigenvalue weighted by atomic mass is 10.1. The zero-order valence-electron chi connectivity index (χ0n) is 15.4. The molecule has 0 saturated carbocycles. The van der Waals surface area contributed by atoms with E-state index in [1.54, 1.807) is 25.3 Å². The number of aliphatic imine (C=N–C) groups is 1. The summed E-state index contributed by atoms with van der Waals surface area (Å²) in [5, 5.41) is 0. The largest absolute Gasteiger partial charge is 0.373 e. The fourth-order valence-electron chi connectivity index (χ4n) is 3.68. The predicted octanol–water partition coefficient (Wildman–Crippen LogP) is 2.07. The normalized spacial score (nSPS) is 28.1. The number of hydrogen-bond acceptors (Lipinski definition) is 5. The van der Waals surface area contributed by atoms with Crippen LogP contribution in [-0.4, -0.2) is 78.5 Å². The Bertz CT molecular complexity index is 520. The molecule has 3 aliphatic rings. The van der Waals surface area contributed by atoms with Crippen LogP contribution in [0.25, 0.3) is 0 Å². The Morgan fingerprint density at radius 2 is 1.72 bits per heavy atom. The van der Waals surface area contributed by atoms with Crippen molar-refractivity contribution in [1.29, 1.82) is 0 Å². The second-order valence-electron chi connectivity index (χ2n) is 7.37. The minimum atomic E-state index is -0.369. The van der Waals surface area contributed by atoms with Gasteiger partial charge in [-0.2, -0.15) is 0 Å². The van der Waals surface area contributed by atoms with Gasteiger partial charge in [-0.1, -0.05) is 38.5 Å². The van der Waals surface area contributed by atoms with Gasteiger partial charge >= 0.3 is 6.03 Å². The number of hydrogen-bond donors (Lipinski definition) is 0. The number of nitrogens with zero attached hydrogens (tertiary/aromatic N) is 4. The van der Waals surface area contributed by atoms with Crippen LogP contribution >= 0.6 is 0 Å². The molecule has 3 aliphatic heterocycles. The molecule has 2 saturated heterocycles. The van der Waals surface area contributed by atoms with Crippen LogP contribution in [0.4, 0.5) is 4.79 Å². The van der Waals surface area contributed by atoms with Crippen molar-refractivity contribution in [3.8, 4) is 0 Å². The van der Waals surface area contributed by atoms with Crippen LogP contribution in [0.2, 0.25) is 0 Å². The first-order valence-electron chi connectivity index (χ1n) is 9.54. The van der Waals surface area contributed by atoms with E-state index < -0.39 is 0 Å². The highest BCUT2D eigenvalue weighted by molar-refractivity contribution is 6.01. The van der Waals surface area contributed by atoms with E-state index in [1.807, 2.05) is 4.90 Å². The number of unbranched alkanes of at least 4 members (excludes halogenated alkanes) is 6. The van der Waals surface area contributed by atoms with Crippen molar-refractivity contribution in [2.24, 2.45) is 4.99 Å². The predicted molar refractivity (Wildman–Crippen MR) is 95.4 cm³/mol. The summed E-state index contributed by atoms with van der Waals surface area (Å²) in [7, 11) is 3.25. The van der Waals surface area contributed by atoms with Crippen LogP contribution in [0.15, 0.2) is 4.99 Å². The van der Waals surface area contributed by atoms with E-state index in [4.69, 9.17) is 4.74 Å². The van der Waals surface area contributed by atoms with Gasteiger partial charge in [-0.15, -0.1) is 0 Å². The molecule has 7 heteroatoms. The van der Waals surface area contributed by atoms with E-state index in [1.165, 1.54) is 49.8 Å². The average Bonchev–Trinajstić information content (AvgIpc) is 3.34. The summed E-state index contributed by atoms with van der Waals surface area (Å²) >= 11 is 0. The average molecular weight is 350 g/mol. The molecule has 140 valence electrons. The zero-order chi connectivity index (χ0) is 17.8. The van der Waals surface area contributed by atoms with Gasteiger partial charge in [-0.3, -0.25) is 9.69 Å². The van der Waals surface area contributed by atoms with Crippen LogP contribution < -0.4 is 0 Å². The van der Waals surface area contributed by atoms with Crippen LogP contribution in [0.1, 0.15) is 51.4 Å². The molecule has 3 unspecified atom stereocenters. The van der Waals surface area contributed by atoms with Crippen LogP contribution in [0, 0.1) is 0 Å².